The minimum atomic E-state index is -3.65. The molecule has 1 aromatic carbocycles. The van der Waals surface area contributed by atoms with Gasteiger partial charge in [0, 0.05) is 5.39 Å². The number of para-hydroxylation sites is 1. The lowest BCUT2D eigenvalue weighted by Crippen LogP contribution is -2.36. The van der Waals surface area contributed by atoms with Crippen molar-refractivity contribution in [2.24, 2.45) is 0 Å². The highest BCUT2D eigenvalue weighted by molar-refractivity contribution is 7.90. The Kier molecular flexibility index (Phi) is 3.61. The predicted octanol–water partition coefficient (Wildman–Crippen LogP) is 2.29. The number of hydrogen-bond acceptors (Lipinski definition) is 4. The second-order valence-corrected chi connectivity index (χ2v) is 6.44. The van der Waals surface area contributed by atoms with E-state index in [1.807, 2.05) is 0 Å². The summed E-state index contributed by atoms with van der Waals surface area (Å²) in [4.78, 5) is 12.0. The Hall–Kier alpha value is -1.82. The highest BCUT2D eigenvalue weighted by Gasteiger charge is 2.24. The fourth-order valence-electron chi connectivity index (χ4n) is 1.66. The van der Waals surface area contributed by atoms with Crippen LogP contribution in [0.25, 0.3) is 11.0 Å². The molecule has 5 nitrogen and oxygen atoms in total. The Morgan fingerprint density at radius 3 is 2.74 bits per heavy atom. The first kappa shape index (κ1) is 13.6. The number of furan rings is 1. The van der Waals surface area contributed by atoms with Gasteiger partial charge in [0.05, 0.1) is 10.8 Å². The van der Waals surface area contributed by atoms with Crippen LogP contribution in [-0.4, -0.2) is 19.6 Å². The Morgan fingerprint density at radius 1 is 1.37 bits per heavy atom. The molecule has 0 saturated carbocycles. The van der Waals surface area contributed by atoms with E-state index < -0.39 is 21.2 Å². The topological polar surface area (TPSA) is 76.4 Å². The molecule has 0 aliphatic carbocycles. The van der Waals surface area contributed by atoms with Crippen molar-refractivity contribution in [3.63, 3.8) is 0 Å². The van der Waals surface area contributed by atoms with Crippen molar-refractivity contribution in [3.05, 3.63) is 36.1 Å². The van der Waals surface area contributed by atoms with Crippen molar-refractivity contribution in [2.45, 2.75) is 25.5 Å². The van der Waals surface area contributed by atoms with Crippen molar-refractivity contribution >= 4 is 26.9 Å². The van der Waals surface area contributed by atoms with Crippen LogP contribution in [0.4, 0.5) is 0 Å². The monoisotopic (exact) mass is 281 g/mol. The molecule has 2 aromatic rings. The van der Waals surface area contributed by atoms with Gasteiger partial charge in [-0.25, -0.2) is 13.1 Å². The minimum Gasteiger partial charge on any atom is -0.463 e. The first-order chi connectivity index (χ1) is 8.95. The molecule has 0 fully saturated rings. The molecule has 102 valence electrons. The van der Waals surface area contributed by atoms with E-state index in [0.29, 0.717) is 17.4 Å². The number of hydrogen-bond donors (Lipinski definition) is 1. The van der Waals surface area contributed by atoms with E-state index in [9.17, 15) is 13.2 Å². The summed E-state index contributed by atoms with van der Waals surface area (Å²) in [6.45, 7) is 3.31. The van der Waals surface area contributed by atoms with Gasteiger partial charge in [0.15, 0.2) is 0 Å². The standard InChI is InChI=1S/C13H15NO4S/c1-3-9(2)19(16,17)14-13(15)11-8-18-12-7-5-4-6-10(11)12/h4-9H,3H2,1-2H3,(H,14,15). The van der Waals surface area contributed by atoms with Gasteiger partial charge in [-0.1, -0.05) is 25.1 Å². The first-order valence-electron chi connectivity index (χ1n) is 5.98. The molecule has 1 N–H and O–H groups in total. The molecule has 0 saturated heterocycles. The number of amides is 1. The second kappa shape index (κ2) is 5.05. The quantitative estimate of drug-likeness (QED) is 0.932. The van der Waals surface area contributed by atoms with Gasteiger partial charge in [0.2, 0.25) is 10.0 Å². The Balaban J connectivity index is 2.31. The summed E-state index contributed by atoms with van der Waals surface area (Å²) in [5.41, 5.74) is 0.774. The Morgan fingerprint density at radius 2 is 2.05 bits per heavy atom. The maximum atomic E-state index is 12.0. The first-order valence-corrected chi connectivity index (χ1v) is 7.52. The van der Waals surface area contributed by atoms with Gasteiger partial charge in [0.1, 0.15) is 11.8 Å². The molecule has 2 rings (SSSR count). The third-order valence-corrected chi connectivity index (χ3v) is 4.93. The van der Waals surface area contributed by atoms with Crippen LogP contribution in [0.5, 0.6) is 0 Å². The molecule has 1 aromatic heterocycles. The number of carbonyl (C=O) groups excluding carboxylic acids is 1. The zero-order valence-electron chi connectivity index (χ0n) is 10.7. The van der Waals surface area contributed by atoms with Crippen molar-refractivity contribution in [3.8, 4) is 0 Å². The van der Waals surface area contributed by atoms with E-state index in [2.05, 4.69) is 4.72 Å². The summed E-state index contributed by atoms with van der Waals surface area (Å²) < 4.78 is 31.0. The zero-order chi connectivity index (χ0) is 14.0. The lowest BCUT2D eigenvalue weighted by Gasteiger charge is -2.11. The van der Waals surface area contributed by atoms with Crippen LogP contribution < -0.4 is 4.72 Å². The molecule has 1 heterocycles. The number of sulfonamides is 1. The van der Waals surface area contributed by atoms with Gasteiger partial charge in [-0.05, 0) is 19.4 Å². The van der Waals surface area contributed by atoms with Crippen molar-refractivity contribution in [1.82, 2.24) is 4.72 Å². The summed E-state index contributed by atoms with van der Waals surface area (Å²) in [7, 11) is -3.65. The molecule has 1 unspecified atom stereocenters. The Bertz CT molecular complexity index is 702. The number of nitrogens with one attached hydrogen (secondary N) is 1. The van der Waals surface area contributed by atoms with Crippen molar-refractivity contribution in [1.29, 1.82) is 0 Å². The van der Waals surface area contributed by atoms with E-state index in [0.717, 1.165) is 0 Å². The maximum absolute atomic E-state index is 12.0. The molecule has 0 spiro atoms. The largest absolute Gasteiger partial charge is 0.463 e. The SMILES string of the molecule is CCC(C)S(=O)(=O)NC(=O)c1coc2ccccc12. The van der Waals surface area contributed by atoms with E-state index in [1.54, 1.807) is 38.1 Å². The van der Waals surface area contributed by atoms with Crippen LogP contribution in [0.3, 0.4) is 0 Å². The van der Waals surface area contributed by atoms with E-state index in [1.165, 1.54) is 6.26 Å². The van der Waals surface area contributed by atoms with Crippen LogP contribution in [-0.2, 0) is 10.0 Å². The normalized spacial score (nSPS) is 13.4. The molecule has 0 bridgehead atoms. The number of rotatable bonds is 4. The smallest absolute Gasteiger partial charge is 0.268 e. The molecule has 0 aliphatic heterocycles. The third kappa shape index (κ3) is 2.63. The van der Waals surface area contributed by atoms with E-state index >= 15 is 0 Å². The van der Waals surface area contributed by atoms with E-state index in [4.69, 9.17) is 4.42 Å². The Labute approximate surface area is 111 Å². The highest BCUT2D eigenvalue weighted by Crippen LogP contribution is 2.20. The fraction of sp³-hybridized carbons (Fsp3) is 0.308. The zero-order valence-corrected chi connectivity index (χ0v) is 11.5. The molecule has 6 heteroatoms. The lowest BCUT2D eigenvalue weighted by molar-refractivity contribution is 0.0982. The van der Waals surface area contributed by atoms with Crippen LogP contribution in [0, 0.1) is 0 Å². The second-order valence-electron chi connectivity index (χ2n) is 4.34. The predicted molar refractivity (Wildman–Crippen MR) is 72.4 cm³/mol. The summed E-state index contributed by atoms with van der Waals surface area (Å²) in [6, 6.07) is 6.97. The molecular formula is C13H15NO4S. The van der Waals surface area contributed by atoms with Crippen molar-refractivity contribution in [2.75, 3.05) is 0 Å². The van der Waals surface area contributed by atoms with Gasteiger partial charge in [-0.15, -0.1) is 0 Å². The van der Waals surface area contributed by atoms with Crippen LogP contribution in [0.1, 0.15) is 30.6 Å². The summed E-state index contributed by atoms with van der Waals surface area (Å²) in [6.07, 6.45) is 1.71. The van der Waals surface area contributed by atoms with Gasteiger partial charge in [-0.2, -0.15) is 0 Å². The summed E-state index contributed by atoms with van der Waals surface area (Å²) in [5.74, 6) is -0.662. The van der Waals surface area contributed by atoms with Crippen LogP contribution in [0.15, 0.2) is 34.9 Å². The number of carbonyl (C=O) groups is 1. The van der Waals surface area contributed by atoms with Gasteiger partial charge in [-0.3, -0.25) is 4.79 Å². The fourth-order valence-corrected chi connectivity index (χ4v) is 2.67. The molecule has 19 heavy (non-hydrogen) atoms. The average Bonchev–Trinajstić information content (AvgIpc) is 2.81. The van der Waals surface area contributed by atoms with Gasteiger partial charge >= 0.3 is 0 Å². The van der Waals surface area contributed by atoms with Gasteiger partial charge < -0.3 is 4.42 Å². The summed E-state index contributed by atoms with van der Waals surface area (Å²) >= 11 is 0. The molecule has 0 aliphatic rings. The third-order valence-electron chi connectivity index (χ3n) is 3.07. The maximum Gasteiger partial charge on any atom is 0.268 e. The average molecular weight is 281 g/mol. The van der Waals surface area contributed by atoms with Crippen LogP contribution in [0.2, 0.25) is 0 Å². The molecular weight excluding hydrogens is 266 g/mol. The molecule has 0 radical (unpaired) electrons. The minimum absolute atomic E-state index is 0.225. The molecule has 1 amide bonds. The molecule has 1 atom stereocenters. The van der Waals surface area contributed by atoms with Crippen LogP contribution >= 0.6 is 0 Å². The summed E-state index contributed by atoms with van der Waals surface area (Å²) in [5, 5.41) is -0.0195. The van der Waals surface area contributed by atoms with Gasteiger partial charge in [0.25, 0.3) is 5.91 Å². The number of fused-ring (bicyclic) bond motifs is 1. The highest BCUT2D eigenvalue weighted by atomic mass is 32.2. The number of benzene rings is 1. The van der Waals surface area contributed by atoms with E-state index in [-0.39, 0.29) is 5.56 Å². The van der Waals surface area contributed by atoms with Crippen molar-refractivity contribution < 1.29 is 17.6 Å². The lowest BCUT2D eigenvalue weighted by atomic mass is 10.2.